The first-order valence-electron chi connectivity index (χ1n) is 13.6. The number of methoxy groups -OCH3 is 1. The van der Waals surface area contributed by atoms with Crippen molar-refractivity contribution in [3.05, 3.63) is 133 Å². The van der Waals surface area contributed by atoms with Crippen molar-refractivity contribution < 1.29 is 31.1 Å². The Morgan fingerprint density at radius 1 is 0.622 bits per heavy atom. The highest BCUT2D eigenvalue weighted by atomic mass is 32.2. The minimum Gasteiger partial charge on any atom is -0.497 e. The monoisotopic (exact) mass is 643 g/mol. The number of rotatable bonds is 12. The van der Waals surface area contributed by atoms with E-state index in [2.05, 4.69) is 10.0 Å². The molecule has 5 aromatic rings. The highest BCUT2D eigenvalue weighted by molar-refractivity contribution is 7.93. The molecule has 0 aliphatic carbocycles. The lowest BCUT2D eigenvalue weighted by molar-refractivity contribution is -0.114. The lowest BCUT2D eigenvalue weighted by Crippen LogP contribution is -2.38. The van der Waals surface area contributed by atoms with Gasteiger partial charge in [0.25, 0.3) is 20.0 Å². The van der Waals surface area contributed by atoms with Crippen LogP contribution in [0.4, 0.5) is 17.1 Å². The predicted octanol–water partition coefficient (Wildman–Crippen LogP) is 6.12. The Morgan fingerprint density at radius 2 is 1.16 bits per heavy atom. The molecule has 0 aromatic heterocycles. The Bertz CT molecular complexity index is 1950. The second-order valence-corrected chi connectivity index (χ2v) is 13.2. The van der Waals surface area contributed by atoms with Gasteiger partial charge in [-0.15, -0.1) is 0 Å². The Kier molecular flexibility index (Phi) is 9.36. The normalized spacial score (nSPS) is 11.3. The Balaban J connectivity index is 1.32. The molecule has 0 aliphatic rings. The summed E-state index contributed by atoms with van der Waals surface area (Å²) < 4.78 is 67.4. The molecule has 230 valence electrons. The van der Waals surface area contributed by atoms with E-state index in [0.717, 1.165) is 4.31 Å². The van der Waals surface area contributed by atoms with Crippen LogP contribution in [-0.4, -0.2) is 36.4 Å². The molecule has 0 spiro atoms. The average molecular weight is 644 g/mol. The van der Waals surface area contributed by atoms with Gasteiger partial charge in [0.05, 0.1) is 22.6 Å². The third kappa shape index (κ3) is 7.80. The quantitative estimate of drug-likeness (QED) is 0.167. The van der Waals surface area contributed by atoms with Crippen LogP contribution in [0.15, 0.2) is 143 Å². The molecule has 0 atom stereocenters. The molecule has 0 saturated heterocycles. The van der Waals surface area contributed by atoms with Crippen molar-refractivity contribution >= 4 is 43.0 Å². The summed E-state index contributed by atoms with van der Waals surface area (Å²) in [6.07, 6.45) is 0. The van der Waals surface area contributed by atoms with Gasteiger partial charge in [-0.1, -0.05) is 36.4 Å². The van der Waals surface area contributed by atoms with Crippen LogP contribution < -0.4 is 23.8 Å². The molecule has 12 heteroatoms. The summed E-state index contributed by atoms with van der Waals surface area (Å²) in [6.45, 7) is -0.546. The fourth-order valence-corrected chi connectivity index (χ4v) is 6.76. The summed E-state index contributed by atoms with van der Waals surface area (Å²) in [5.41, 5.74) is 0.889. The summed E-state index contributed by atoms with van der Waals surface area (Å²) in [4.78, 5) is 13.2. The van der Waals surface area contributed by atoms with E-state index in [-0.39, 0.29) is 21.2 Å². The number of nitrogens with zero attached hydrogens (tertiary/aromatic N) is 1. The molecule has 10 nitrogen and oxygen atoms in total. The Hall–Kier alpha value is -5.33. The first kappa shape index (κ1) is 31.1. The van der Waals surface area contributed by atoms with Gasteiger partial charge in [0.15, 0.2) is 0 Å². The molecule has 5 rings (SSSR count). The van der Waals surface area contributed by atoms with Gasteiger partial charge in [0, 0.05) is 11.4 Å². The fourth-order valence-electron chi connectivity index (χ4n) is 4.26. The highest BCUT2D eigenvalue weighted by Gasteiger charge is 2.27. The van der Waals surface area contributed by atoms with Gasteiger partial charge in [0.1, 0.15) is 23.8 Å². The van der Waals surface area contributed by atoms with Crippen LogP contribution in [0, 0.1) is 0 Å². The number of anilines is 3. The number of benzene rings is 5. The van der Waals surface area contributed by atoms with Gasteiger partial charge in [-0.25, -0.2) is 16.8 Å². The molecule has 0 unspecified atom stereocenters. The standard InChI is InChI=1S/C33H29N3O7S2/c1-42-28-18-12-26(13-19-28)35-44(38,39)31-22-14-25(15-23-31)34-33(37)24-36(45(40,41)32-10-6-3-7-11-32)27-16-20-30(21-17-27)43-29-8-4-2-5-9-29/h2-23,35H,24H2,1H3,(H,34,37). The summed E-state index contributed by atoms with van der Waals surface area (Å²) in [7, 11) is -6.53. The maximum absolute atomic E-state index is 13.7. The zero-order chi connectivity index (χ0) is 31.9. The average Bonchev–Trinajstić information content (AvgIpc) is 3.05. The Morgan fingerprint density at radius 3 is 1.76 bits per heavy atom. The molecule has 0 radical (unpaired) electrons. The van der Waals surface area contributed by atoms with Crippen molar-refractivity contribution in [1.29, 1.82) is 0 Å². The zero-order valence-corrected chi connectivity index (χ0v) is 25.7. The number of carbonyl (C=O) groups is 1. The lowest BCUT2D eigenvalue weighted by Gasteiger charge is -2.24. The van der Waals surface area contributed by atoms with E-state index in [1.165, 1.54) is 43.5 Å². The van der Waals surface area contributed by atoms with Crippen molar-refractivity contribution in [2.24, 2.45) is 0 Å². The van der Waals surface area contributed by atoms with E-state index in [0.29, 0.717) is 22.9 Å². The van der Waals surface area contributed by atoms with Crippen LogP contribution in [0.3, 0.4) is 0 Å². The molecule has 0 heterocycles. The molecule has 5 aromatic carbocycles. The van der Waals surface area contributed by atoms with Gasteiger partial charge in [-0.2, -0.15) is 0 Å². The van der Waals surface area contributed by atoms with Crippen molar-refractivity contribution in [2.75, 3.05) is 28.0 Å². The number of hydrogen-bond acceptors (Lipinski definition) is 7. The number of ether oxygens (including phenoxy) is 2. The Labute approximate surface area is 262 Å². The van der Waals surface area contributed by atoms with Gasteiger partial charge in [-0.05, 0) is 97.1 Å². The van der Waals surface area contributed by atoms with Crippen LogP contribution in [0.1, 0.15) is 0 Å². The lowest BCUT2D eigenvalue weighted by atomic mass is 10.3. The fraction of sp³-hybridized carbons (Fsp3) is 0.0606. The third-order valence-corrected chi connectivity index (χ3v) is 9.70. The molecule has 0 aliphatic heterocycles. The molecular formula is C33H29N3O7S2. The summed E-state index contributed by atoms with van der Waals surface area (Å²) in [6, 6.07) is 35.2. The first-order valence-corrected chi connectivity index (χ1v) is 16.5. The summed E-state index contributed by atoms with van der Waals surface area (Å²) in [5, 5.41) is 2.65. The maximum Gasteiger partial charge on any atom is 0.264 e. The van der Waals surface area contributed by atoms with Gasteiger partial charge < -0.3 is 14.8 Å². The summed E-state index contributed by atoms with van der Waals surface area (Å²) >= 11 is 0. The van der Waals surface area contributed by atoms with E-state index in [4.69, 9.17) is 9.47 Å². The van der Waals surface area contributed by atoms with Crippen LogP contribution in [-0.2, 0) is 24.8 Å². The van der Waals surface area contributed by atoms with E-state index >= 15 is 0 Å². The van der Waals surface area contributed by atoms with E-state index < -0.39 is 32.5 Å². The van der Waals surface area contributed by atoms with E-state index in [9.17, 15) is 21.6 Å². The SMILES string of the molecule is COc1ccc(NS(=O)(=O)c2ccc(NC(=O)CN(c3ccc(Oc4ccccc4)cc3)S(=O)(=O)c3ccccc3)cc2)cc1. The largest absolute Gasteiger partial charge is 0.497 e. The number of para-hydroxylation sites is 1. The van der Waals surface area contributed by atoms with E-state index in [1.54, 1.807) is 78.9 Å². The maximum atomic E-state index is 13.7. The van der Waals surface area contributed by atoms with Crippen molar-refractivity contribution in [3.63, 3.8) is 0 Å². The van der Waals surface area contributed by atoms with Crippen molar-refractivity contribution in [2.45, 2.75) is 9.79 Å². The molecule has 2 N–H and O–H groups in total. The van der Waals surface area contributed by atoms with Gasteiger partial charge >= 0.3 is 0 Å². The van der Waals surface area contributed by atoms with Crippen molar-refractivity contribution in [3.8, 4) is 17.2 Å². The van der Waals surface area contributed by atoms with Crippen LogP contribution in [0.25, 0.3) is 0 Å². The zero-order valence-electron chi connectivity index (χ0n) is 24.0. The highest BCUT2D eigenvalue weighted by Crippen LogP contribution is 2.28. The predicted molar refractivity (Wildman–Crippen MR) is 173 cm³/mol. The number of carbonyl (C=O) groups excluding carboxylic acids is 1. The van der Waals surface area contributed by atoms with Crippen LogP contribution >= 0.6 is 0 Å². The molecule has 1 amide bonds. The summed E-state index contributed by atoms with van der Waals surface area (Å²) in [5.74, 6) is 1.06. The number of hydrogen-bond donors (Lipinski definition) is 2. The molecule has 0 saturated carbocycles. The van der Waals surface area contributed by atoms with Crippen LogP contribution in [0.5, 0.6) is 17.2 Å². The topological polar surface area (TPSA) is 131 Å². The third-order valence-electron chi connectivity index (χ3n) is 6.51. The van der Waals surface area contributed by atoms with Gasteiger partial charge in [-0.3, -0.25) is 13.8 Å². The number of amides is 1. The molecular weight excluding hydrogens is 615 g/mol. The number of nitrogens with one attached hydrogen (secondary N) is 2. The molecule has 0 fully saturated rings. The van der Waals surface area contributed by atoms with E-state index in [1.807, 2.05) is 18.2 Å². The number of sulfonamides is 2. The molecule has 0 bridgehead atoms. The minimum absolute atomic E-state index is 0.0151. The second kappa shape index (κ2) is 13.5. The smallest absolute Gasteiger partial charge is 0.264 e. The second-order valence-electron chi connectivity index (χ2n) is 9.64. The van der Waals surface area contributed by atoms with Gasteiger partial charge in [0.2, 0.25) is 5.91 Å². The van der Waals surface area contributed by atoms with Crippen LogP contribution in [0.2, 0.25) is 0 Å². The van der Waals surface area contributed by atoms with Crippen molar-refractivity contribution in [1.82, 2.24) is 0 Å². The minimum atomic E-state index is -4.14. The first-order chi connectivity index (χ1) is 21.6. The molecule has 45 heavy (non-hydrogen) atoms.